The lowest BCUT2D eigenvalue weighted by Gasteiger charge is -2.63. The zero-order chi connectivity index (χ0) is 27.7. The van der Waals surface area contributed by atoms with Crippen molar-refractivity contribution in [2.24, 2.45) is 46.3 Å². The number of aliphatic hydroxyl groups is 1. The highest BCUT2D eigenvalue weighted by molar-refractivity contribution is 5.66. The number of fused-ring (bicyclic) bond motifs is 5. The normalized spacial score (nSPS) is 43.6. The van der Waals surface area contributed by atoms with Gasteiger partial charge >= 0.3 is 12.1 Å². The van der Waals surface area contributed by atoms with Crippen molar-refractivity contribution in [2.45, 2.75) is 103 Å². The fourth-order valence-electron chi connectivity index (χ4n) is 10.0. The molecule has 1 aromatic carbocycles. The Morgan fingerprint density at radius 2 is 1.58 bits per heavy atom. The van der Waals surface area contributed by atoms with E-state index in [2.05, 4.69) is 20.8 Å². The predicted molar refractivity (Wildman–Crippen MR) is 137 cm³/mol. The molecule has 0 amide bonds. The second kappa shape index (κ2) is 9.49. The Hall–Kier alpha value is -1.63. The predicted octanol–water partition coefficient (Wildman–Crippen LogP) is 8.00. The van der Waals surface area contributed by atoms with E-state index in [4.69, 9.17) is 0 Å². The van der Waals surface area contributed by atoms with Gasteiger partial charge in [-0.1, -0.05) is 32.9 Å². The maximum Gasteiger partial charge on any atom is 0.416 e. The molecule has 0 spiro atoms. The first kappa shape index (κ1) is 27.9. The topological polar surface area (TPSA) is 57.5 Å². The molecular weight excluding hydrogens is 496 g/mol. The molecule has 3 nitrogen and oxygen atoms in total. The Balaban J connectivity index is 1.34. The lowest BCUT2D eigenvalue weighted by molar-refractivity contribution is -0.193. The fourth-order valence-corrected chi connectivity index (χ4v) is 10.0. The van der Waals surface area contributed by atoms with Gasteiger partial charge in [0.05, 0.1) is 5.56 Å². The fraction of sp³-hybridized carbons (Fsp3) is 0.774. The Morgan fingerprint density at radius 3 is 2.21 bits per heavy atom. The van der Waals surface area contributed by atoms with Gasteiger partial charge < -0.3 is 10.2 Å². The molecule has 1 aromatic rings. The van der Waals surface area contributed by atoms with E-state index in [1.54, 1.807) is 0 Å². The molecule has 0 aromatic heterocycles. The lowest BCUT2D eigenvalue weighted by atomic mass is 9.43. The van der Waals surface area contributed by atoms with Gasteiger partial charge in [-0.15, -0.1) is 0 Å². The molecule has 0 bridgehead atoms. The molecule has 2 N–H and O–H groups in total. The summed E-state index contributed by atoms with van der Waals surface area (Å²) >= 11 is 0. The minimum Gasteiger partial charge on any atom is -0.481 e. The molecule has 1 unspecified atom stereocenters. The van der Waals surface area contributed by atoms with Gasteiger partial charge in [-0.05, 0) is 122 Å². The first-order chi connectivity index (χ1) is 17.7. The second-order valence-electron chi connectivity index (χ2n) is 13.6. The first-order valence-electron chi connectivity index (χ1n) is 14.5. The van der Waals surface area contributed by atoms with E-state index in [0.29, 0.717) is 48.9 Å². The molecule has 0 aliphatic heterocycles. The third-order valence-electron chi connectivity index (χ3n) is 12.1. The van der Waals surface area contributed by atoms with Crippen LogP contribution >= 0.6 is 0 Å². The van der Waals surface area contributed by atoms with Crippen molar-refractivity contribution in [1.29, 1.82) is 0 Å². The van der Waals surface area contributed by atoms with Crippen molar-refractivity contribution in [1.82, 2.24) is 0 Å². The Labute approximate surface area is 223 Å². The summed E-state index contributed by atoms with van der Waals surface area (Å²) in [5.74, 6) is 1.28. The van der Waals surface area contributed by atoms with E-state index < -0.39 is 29.5 Å². The molecule has 212 valence electrons. The average molecular weight is 539 g/mol. The summed E-state index contributed by atoms with van der Waals surface area (Å²) in [6, 6.07) is 4.39. The minimum atomic E-state index is -4.47. The summed E-state index contributed by atoms with van der Waals surface area (Å²) in [6.45, 7) is 6.83. The molecule has 10 atom stereocenters. The van der Waals surface area contributed by atoms with E-state index in [1.165, 1.54) is 12.1 Å². The molecule has 4 aliphatic rings. The maximum absolute atomic E-state index is 16.3. The molecule has 4 fully saturated rings. The Morgan fingerprint density at radius 1 is 0.947 bits per heavy atom. The van der Waals surface area contributed by atoms with Crippen LogP contribution in [0.5, 0.6) is 0 Å². The number of halogens is 4. The van der Waals surface area contributed by atoms with Crippen LogP contribution in [0.3, 0.4) is 0 Å². The summed E-state index contributed by atoms with van der Waals surface area (Å²) in [7, 11) is 0. The monoisotopic (exact) mass is 538 g/mol. The van der Waals surface area contributed by atoms with Crippen molar-refractivity contribution in [3.8, 4) is 0 Å². The van der Waals surface area contributed by atoms with E-state index >= 15 is 4.39 Å². The van der Waals surface area contributed by atoms with Crippen molar-refractivity contribution in [3.05, 3.63) is 35.4 Å². The van der Waals surface area contributed by atoms with Crippen LogP contribution in [0, 0.1) is 46.3 Å². The maximum atomic E-state index is 16.3. The smallest absolute Gasteiger partial charge is 0.416 e. The van der Waals surface area contributed by atoms with Crippen LogP contribution < -0.4 is 0 Å². The largest absolute Gasteiger partial charge is 0.481 e. The number of aliphatic carboxylic acids is 1. The van der Waals surface area contributed by atoms with E-state index in [-0.39, 0.29) is 35.2 Å². The highest BCUT2D eigenvalue weighted by Gasteiger charge is 2.64. The van der Waals surface area contributed by atoms with Crippen LogP contribution in [0.2, 0.25) is 0 Å². The third kappa shape index (κ3) is 4.30. The van der Waals surface area contributed by atoms with Crippen LogP contribution in [0.1, 0.15) is 96.1 Å². The van der Waals surface area contributed by atoms with Gasteiger partial charge in [0.25, 0.3) is 0 Å². The number of carboxylic acids is 1. The summed E-state index contributed by atoms with van der Waals surface area (Å²) in [5.41, 5.74) is -2.37. The first-order valence-corrected chi connectivity index (χ1v) is 14.5. The van der Waals surface area contributed by atoms with Gasteiger partial charge in [-0.2, -0.15) is 13.2 Å². The van der Waals surface area contributed by atoms with E-state index in [0.717, 1.165) is 44.2 Å². The summed E-state index contributed by atoms with van der Waals surface area (Å²) in [5, 5.41) is 20.7. The molecule has 7 heteroatoms. The molecular formula is C31H42F4O3. The molecule has 0 saturated heterocycles. The minimum absolute atomic E-state index is 0.188. The molecule has 0 heterocycles. The number of rotatable bonds is 5. The molecule has 4 saturated carbocycles. The van der Waals surface area contributed by atoms with Crippen molar-refractivity contribution in [2.75, 3.05) is 0 Å². The summed E-state index contributed by atoms with van der Waals surface area (Å²) in [6.07, 6.45) is 1.81. The van der Waals surface area contributed by atoms with E-state index in [1.807, 2.05) is 0 Å². The highest BCUT2D eigenvalue weighted by atomic mass is 19.4. The number of hydrogen-bond acceptors (Lipinski definition) is 2. The highest BCUT2D eigenvalue weighted by Crippen LogP contribution is 2.69. The van der Waals surface area contributed by atoms with Crippen molar-refractivity contribution < 1.29 is 32.6 Å². The number of carboxylic acid groups (broad SMARTS) is 1. The molecule has 38 heavy (non-hydrogen) atoms. The Kier molecular flexibility index (Phi) is 6.97. The number of alkyl halides is 4. The average Bonchev–Trinajstić information content (AvgIpc) is 3.22. The van der Waals surface area contributed by atoms with Crippen LogP contribution in [-0.2, 0) is 16.6 Å². The molecule has 5 rings (SSSR count). The van der Waals surface area contributed by atoms with Gasteiger partial charge in [0.1, 0.15) is 11.8 Å². The van der Waals surface area contributed by atoms with Gasteiger partial charge in [0.15, 0.2) is 0 Å². The molecule has 4 aliphatic carbocycles. The van der Waals surface area contributed by atoms with Gasteiger partial charge in [-0.3, -0.25) is 4.79 Å². The number of benzene rings is 1. The van der Waals surface area contributed by atoms with Gasteiger partial charge in [-0.25, -0.2) is 4.39 Å². The van der Waals surface area contributed by atoms with Crippen LogP contribution in [0.15, 0.2) is 24.3 Å². The van der Waals surface area contributed by atoms with E-state index in [9.17, 15) is 28.2 Å². The number of carbonyl (C=O) groups is 1. The second-order valence-corrected chi connectivity index (χ2v) is 13.6. The number of hydrogen-bond donors (Lipinski definition) is 2. The summed E-state index contributed by atoms with van der Waals surface area (Å²) < 4.78 is 55.5. The third-order valence-corrected chi connectivity index (χ3v) is 12.1. The Bertz CT molecular complexity index is 1040. The quantitative estimate of drug-likeness (QED) is 0.374. The molecule has 0 radical (unpaired) electrons. The van der Waals surface area contributed by atoms with Crippen LogP contribution in [0.4, 0.5) is 17.6 Å². The zero-order valence-corrected chi connectivity index (χ0v) is 22.7. The summed E-state index contributed by atoms with van der Waals surface area (Å²) in [4.78, 5) is 11.2. The van der Waals surface area contributed by atoms with Gasteiger partial charge in [0, 0.05) is 6.42 Å². The van der Waals surface area contributed by atoms with Crippen molar-refractivity contribution in [3.63, 3.8) is 0 Å². The van der Waals surface area contributed by atoms with Crippen LogP contribution in [0.25, 0.3) is 0 Å². The lowest BCUT2D eigenvalue weighted by Crippen LogP contribution is -2.60. The standard InChI is InChI=1S/C31H42F4O3/c1-18(4-13-26(36)37)22-11-12-23-21-9-10-25-27(32)30(38,19-5-7-20(8-6-19)31(33,34)35)17-16-29(25,3)24(21)14-15-28(22,23)2/h5-8,18,21-25,27,38H,4,9-17H2,1-3H3,(H,36,37)/t18-,21+,22-,23+,24+,25-,27?,28-,29-,30-/m1/s1. The SMILES string of the molecule is C[C@H](CCC(=O)O)[C@H]1CC[C@H]2[C@@H]3CC[C@@H]4C(F)[C@](O)(c5ccc(C(F)(F)F)cc5)CC[C@]4(C)[C@H]3CC[C@]12C. The van der Waals surface area contributed by atoms with Gasteiger partial charge in [0.2, 0.25) is 0 Å². The van der Waals surface area contributed by atoms with Crippen LogP contribution in [-0.4, -0.2) is 22.4 Å². The van der Waals surface area contributed by atoms with Crippen molar-refractivity contribution >= 4 is 5.97 Å². The zero-order valence-electron chi connectivity index (χ0n) is 22.7.